The lowest BCUT2D eigenvalue weighted by Crippen LogP contribution is -2.17. The minimum absolute atomic E-state index is 0.0538. The van der Waals surface area contributed by atoms with E-state index < -0.39 is 0 Å². The van der Waals surface area contributed by atoms with Gasteiger partial charge in [-0.3, -0.25) is 0 Å². The molecule has 2 nitrogen and oxygen atoms in total. The minimum Gasteiger partial charge on any atom is -0.345 e. The number of rotatable bonds is 2. The topological polar surface area (TPSA) is 28.7 Å². The molecule has 1 N–H and O–H groups in total. The molecule has 0 amide bonds. The molecule has 2 aromatic rings. The number of benzene rings is 1. The average Bonchev–Trinajstić information content (AvgIpc) is 2.36. The lowest BCUT2D eigenvalue weighted by molar-refractivity contribution is 0.558. The van der Waals surface area contributed by atoms with Crippen LogP contribution in [0.25, 0.3) is 0 Å². The van der Waals surface area contributed by atoms with Crippen LogP contribution in [0.2, 0.25) is 10.0 Å². The van der Waals surface area contributed by atoms with Gasteiger partial charge in [0.2, 0.25) is 0 Å². The van der Waals surface area contributed by atoms with Crippen LogP contribution in [0.1, 0.15) is 37.9 Å². The molecule has 0 spiro atoms. The molecular formula is C15H15BrCl2N2S. The van der Waals surface area contributed by atoms with Gasteiger partial charge >= 0.3 is 0 Å². The summed E-state index contributed by atoms with van der Waals surface area (Å²) in [6.07, 6.45) is 0.622. The minimum atomic E-state index is -0.0538. The molecule has 0 saturated carbocycles. The SMILES string of the molecule is CC(C)(C)c1[nH]c(Cc2ccc(Cl)c(Cl)c2)nc(=S)c1Br. The summed E-state index contributed by atoms with van der Waals surface area (Å²) in [6.45, 7) is 6.38. The molecular weight excluding hydrogens is 391 g/mol. The summed E-state index contributed by atoms with van der Waals surface area (Å²) in [5.74, 6) is 0.812. The van der Waals surface area contributed by atoms with Crippen LogP contribution in [-0.4, -0.2) is 9.97 Å². The molecule has 0 fully saturated rings. The predicted octanol–water partition coefficient (Wildman–Crippen LogP) is 6.10. The Kier molecular flexibility index (Phi) is 5.14. The summed E-state index contributed by atoms with van der Waals surface area (Å²) in [5, 5.41) is 1.09. The number of nitrogens with one attached hydrogen (secondary N) is 1. The fraction of sp³-hybridized carbons (Fsp3) is 0.333. The molecule has 1 heterocycles. The second-order valence-corrected chi connectivity index (χ2v) is 7.85. The van der Waals surface area contributed by atoms with Crippen molar-refractivity contribution in [3.05, 3.63) is 54.4 Å². The van der Waals surface area contributed by atoms with Crippen molar-refractivity contribution in [2.45, 2.75) is 32.6 Å². The highest BCUT2D eigenvalue weighted by Gasteiger charge is 2.20. The van der Waals surface area contributed by atoms with Gasteiger partial charge in [-0.25, -0.2) is 4.98 Å². The van der Waals surface area contributed by atoms with E-state index in [9.17, 15) is 0 Å². The molecule has 112 valence electrons. The van der Waals surface area contributed by atoms with Crippen LogP contribution in [0.15, 0.2) is 22.7 Å². The summed E-state index contributed by atoms with van der Waals surface area (Å²) in [4.78, 5) is 7.81. The van der Waals surface area contributed by atoms with Gasteiger partial charge in [-0.2, -0.15) is 0 Å². The van der Waals surface area contributed by atoms with E-state index in [-0.39, 0.29) is 5.41 Å². The zero-order valence-electron chi connectivity index (χ0n) is 11.9. The van der Waals surface area contributed by atoms with Gasteiger partial charge in [-0.15, -0.1) is 0 Å². The molecule has 0 aliphatic carbocycles. The molecule has 0 radical (unpaired) electrons. The standard InChI is InChI=1S/C15H15BrCl2N2S/c1-15(2,3)13-12(16)14(21)20-11(19-13)7-8-4-5-9(17)10(18)6-8/h4-6H,7H2,1-3H3,(H,19,20,21). The van der Waals surface area contributed by atoms with E-state index in [1.54, 1.807) is 6.07 Å². The van der Waals surface area contributed by atoms with Gasteiger partial charge in [0, 0.05) is 17.5 Å². The Morgan fingerprint density at radius 1 is 1.24 bits per heavy atom. The second kappa shape index (κ2) is 6.37. The van der Waals surface area contributed by atoms with Crippen LogP contribution >= 0.6 is 51.3 Å². The monoisotopic (exact) mass is 404 g/mol. The first-order chi connectivity index (χ1) is 9.68. The van der Waals surface area contributed by atoms with Crippen molar-refractivity contribution < 1.29 is 0 Å². The van der Waals surface area contributed by atoms with E-state index in [1.807, 2.05) is 12.1 Å². The third-order valence-corrected chi connectivity index (χ3v) is 5.09. The largest absolute Gasteiger partial charge is 0.345 e. The van der Waals surface area contributed by atoms with Crippen LogP contribution in [0.5, 0.6) is 0 Å². The molecule has 1 aromatic heterocycles. The zero-order valence-corrected chi connectivity index (χ0v) is 15.8. The van der Waals surface area contributed by atoms with Gasteiger partial charge in [-0.05, 0) is 33.6 Å². The van der Waals surface area contributed by atoms with Crippen molar-refractivity contribution in [1.82, 2.24) is 9.97 Å². The molecule has 2 rings (SSSR count). The van der Waals surface area contributed by atoms with Gasteiger partial charge in [0.15, 0.2) is 0 Å². The third kappa shape index (κ3) is 4.07. The molecule has 21 heavy (non-hydrogen) atoms. The first-order valence-electron chi connectivity index (χ1n) is 6.41. The highest BCUT2D eigenvalue weighted by molar-refractivity contribution is 9.10. The van der Waals surface area contributed by atoms with Crippen LogP contribution in [-0.2, 0) is 11.8 Å². The Labute approximate surface area is 148 Å². The predicted molar refractivity (Wildman–Crippen MR) is 95.1 cm³/mol. The zero-order chi connectivity index (χ0) is 15.8. The molecule has 6 heteroatoms. The number of halogens is 3. The molecule has 0 unspecified atom stereocenters. The van der Waals surface area contributed by atoms with E-state index in [0.717, 1.165) is 21.6 Å². The van der Waals surface area contributed by atoms with Gasteiger partial charge in [0.05, 0.1) is 14.5 Å². The quantitative estimate of drug-likeness (QED) is 0.611. The first kappa shape index (κ1) is 16.9. The third-order valence-electron chi connectivity index (χ3n) is 3.02. The van der Waals surface area contributed by atoms with Crippen molar-refractivity contribution in [2.24, 2.45) is 0 Å². The van der Waals surface area contributed by atoms with Crippen molar-refractivity contribution in [2.75, 3.05) is 0 Å². The summed E-state index contributed by atoms with van der Waals surface area (Å²) in [7, 11) is 0. The molecule has 0 atom stereocenters. The normalized spacial score (nSPS) is 11.7. The van der Waals surface area contributed by atoms with Crippen molar-refractivity contribution >= 4 is 51.3 Å². The van der Waals surface area contributed by atoms with Gasteiger partial charge < -0.3 is 4.98 Å². The second-order valence-electron chi connectivity index (χ2n) is 5.85. The number of aromatic nitrogens is 2. The van der Waals surface area contributed by atoms with Gasteiger partial charge in [0.25, 0.3) is 0 Å². The highest BCUT2D eigenvalue weighted by atomic mass is 79.9. The number of hydrogen-bond donors (Lipinski definition) is 1. The lowest BCUT2D eigenvalue weighted by Gasteiger charge is -2.21. The number of nitrogens with zero attached hydrogens (tertiary/aromatic N) is 1. The van der Waals surface area contributed by atoms with Gasteiger partial charge in [0.1, 0.15) is 10.5 Å². The van der Waals surface area contributed by atoms with Crippen LogP contribution in [0.4, 0.5) is 0 Å². The molecule has 0 bridgehead atoms. The van der Waals surface area contributed by atoms with Crippen LogP contribution in [0, 0.1) is 4.64 Å². The number of H-pyrrole nitrogens is 1. The molecule has 0 aliphatic rings. The fourth-order valence-corrected chi connectivity index (χ4v) is 3.26. The van der Waals surface area contributed by atoms with Crippen molar-refractivity contribution in [1.29, 1.82) is 0 Å². The Hall–Kier alpha value is -0.420. The molecule has 1 aromatic carbocycles. The van der Waals surface area contributed by atoms with Gasteiger partial charge in [-0.1, -0.05) is 62.3 Å². The highest BCUT2D eigenvalue weighted by Crippen LogP contribution is 2.29. The van der Waals surface area contributed by atoms with E-state index in [4.69, 9.17) is 35.4 Å². The number of hydrogen-bond acceptors (Lipinski definition) is 2. The Balaban J connectivity index is 2.43. The summed E-state index contributed by atoms with van der Waals surface area (Å²) in [5.41, 5.74) is 2.02. The molecule has 0 aliphatic heterocycles. The first-order valence-corrected chi connectivity index (χ1v) is 8.37. The van der Waals surface area contributed by atoms with E-state index in [0.29, 0.717) is 21.1 Å². The smallest absolute Gasteiger partial charge is 0.144 e. The molecule has 0 saturated heterocycles. The van der Waals surface area contributed by atoms with E-state index >= 15 is 0 Å². The van der Waals surface area contributed by atoms with Crippen molar-refractivity contribution in [3.8, 4) is 0 Å². The number of aromatic amines is 1. The average molecular weight is 406 g/mol. The fourth-order valence-electron chi connectivity index (χ4n) is 1.95. The van der Waals surface area contributed by atoms with E-state index in [1.165, 1.54) is 0 Å². The Morgan fingerprint density at radius 3 is 2.48 bits per heavy atom. The maximum Gasteiger partial charge on any atom is 0.144 e. The maximum absolute atomic E-state index is 6.05. The van der Waals surface area contributed by atoms with Crippen LogP contribution < -0.4 is 0 Å². The Bertz CT molecular complexity index is 735. The maximum atomic E-state index is 6.05. The summed E-state index contributed by atoms with van der Waals surface area (Å²) >= 11 is 20.8. The summed E-state index contributed by atoms with van der Waals surface area (Å²) < 4.78 is 1.41. The summed E-state index contributed by atoms with van der Waals surface area (Å²) in [6, 6.07) is 5.57. The lowest BCUT2D eigenvalue weighted by atomic mass is 9.92. The Morgan fingerprint density at radius 2 is 1.90 bits per heavy atom. The van der Waals surface area contributed by atoms with Crippen molar-refractivity contribution in [3.63, 3.8) is 0 Å². The van der Waals surface area contributed by atoms with Crippen LogP contribution in [0.3, 0.4) is 0 Å². The van der Waals surface area contributed by atoms with E-state index in [2.05, 4.69) is 46.7 Å².